The van der Waals surface area contributed by atoms with E-state index in [0.29, 0.717) is 11.0 Å². The Morgan fingerprint density at radius 2 is 1.75 bits per heavy atom. The molecule has 1 heterocycles. The number of hydrogen-bond donors (Lipinski definition) is 2. The van der Waals surface area contributed by atoms with Gasteiger partial charge in [-0.1, -0.05) is 41.9 Å². The second-order valence-electron chi connectivity index (χ2n) is 4.90. The molecule has 1 aromatic heterocycles. The number of carbonyl (C=O) groups is 2. The first-order chi connectivity index (χ1) is 11.6. The third-order valence-electron chi connectivity index (χ3n) is 3.30. The van der Waals surface area contributed by atoms with Gasteiger partial charge in [-0.2, -0.15) is 0 Å². The molecule has 0 fully saturated rings. The maximum atomic E-state index is 12.1. The van der Waals surface area contributed by atoms with Crippen LogP contribution in [0, 0.1) is 0 Å². The first-order valence-corrected chi connectivity index (χ1v) is 7.35. The Morgan fingerprint density at radius 3 is 2.50 bits per heavy atom. The first-order valence-electron chi connectivity index (χ1n) is 6.97. The van der Waals surface area contributed by atoms with E-state index in [1.54, 1.807) is 54.6 Å². The lowest BCUT2D eigenvalue weighted by molar-refractivity contribution is 0.0946. The number of nitrogens with zero attached hydrogens (tertiary/aromatic N) is 1. The molecule has 3 rings (SSSR count). The van der Waals surface area contributed by atoms with Crippen LogP contribution in [0.2, 0.25) is 5.02 Å². The average molecular weight is 342 g/mol. The number of hydrogen-bond acceptors (Lipinski definition) is 4. The molecule has 0 saturated heterocycles. The highest BCUT2D eigenvalue weighted by atomic mass is 35.5. The lowest BCUT2D eigenvalue weighted by Gasteiger charge is -2.03. The van der Waals surface area contributed by atoms with Gasteiger partial charge in [0.05, 0.1) is 10.6 Å². The van der Waals surface area contributed by atoms with E-state index in [1.165, 1.54) is 0 Å². The number of fused-ring (bicyclic) bond motifs is 1. The van der Waals surface area contributed by atoms with Crippen molar-refractivity contribution in [2.45, 2.75) is 0 Å². The van der Waals surface area contributed by atoms with Crippen molar-refractivity contribution in [1.82, 2.24) is 5.43 Å². The van der Waals surface area contributed by atoms with E-state index in [-0.39, 0.29) is 21.7 Å². The fraction of sp³-hybridized carbons (Fsp3) is 0. The van der Waals surface area contributed by atoms with Crippen LogP contribution < -0.4 is 16.7 Å². The van der Waals surface area contributed by atoms with Gasteiger partial charge in [0.2, 0.25) is 5.55 Å². The number of carbonyl (C=O) groups excluding carboxylic acids is 2. The van der Waals surface area contributed by atoms with Crippen molar-refractivity contribution in [1.29, 1.82) is 0 Å². The standard InChI is InChI=1S/C17H12ClN3O3/c18-13-7-3-2-6-11(13)16(23)20-21-17-12(15(19)22)9-10-5-1-4-8-14(10)24-17/h1-9H,(H2,19,22)(H,20,23). The third-order valence-corrected chi connectivity index (χ3v) is 3.63. The van der Waals surface area contributed by atoms with Gasteiger partial charge < -0.3 is 10.2 Å². The molecule has 0 aliphatic rings. The van der Waals surface area contributed by atoms with E-state index in [0.717, 1.165) is 0 Å². The van der Waals surface area contributed by atoms with Crippen LogP contribution in [-0.2, 0) is 0 Å². The molecular formula is C17H12ClN3O3. The Kier molecular flexibility index (Phi) is 4.31. The van der Waals surface area contributed by atoms with Crippen LogP contribution in [0.1, 0.15) is 20.7 Å². The highest BCUT2D eigenvalue weighted by Gasteiger charge is 2.11. The molecular weight excluding hydrogens is 330 g/mol. The van der Waals surface area contributed by atoms with Crippen LogP contribution in [0.5, 0.6) is 0 Å². The Bertz CT molecular complexity index is 1010. The minimum atomic E-state index is -0.713. The van der Waals surface area contributed by atoms with Gasteiger partial charge in [-0.25, -0.2) is 5.43 Å². The van der Waals surface area contributed by atoms with Crippen LogP contribution in [0.15, 0.2) is 64.1 Å². The largest absolute Gasteiger partial charge is 0.436 e. The molecule has 0 aliphatic heterocycles. The van der Waals surface area contributed by atoms with Crippen LogP contribution in [0.3, 0.4) is 0 Å². The molecule has 6 nitrogen and oxygen atoms in total. The van der Waals surface area contributed by atoms with Gasteiger partial charge >= 0.3 is 0 Å². The highest BCUT2D eigenvalue weighted by Crippen LogP contribution is 2.15. The second-order valence-corrected chi connectivity index (χ2v) is 5.31. The molecule has 0 bridgehead atoms. The van der Waals surface area contributed by atoms with Crippen LogP contribution in [0.4, 0.5) is 0 Å². The van der Waals surface area contributed by atoms with E-state index in [9.17, 15) is 9.59 Å². The summed E-state index contributed by atoms with van der Waals surface area (Å²) >= 11 is 5.96. The van der Waals surface area contributed by atoms with Gasteiger partial charge in [0, 0.05) is 5.39 Å². The predicted octanol–water partition coefficient (Wildman–Crippen LogP) is 2.43. The fourth-order valence-corrected chi connectivity index (χ4v) is 2.36. The Labute approximate surface area is 141 Å². The number of halogens is 1. The molecule has 120 valence electrons. The normalized spacial score (nSPS) is 11.5. The quantitative estimate of drug-likeness (QED) is 0.716. The number of nitrogens with two attached hydrogens (primary N) is 1. The van der Waals surface area contributed by atoms with E-state index < -0.39 is 11.8 Å². The smallest absolute Gasteiger partial charge is 0.272 e. The molecule has 0 aliphatic carbocycles. The number of nitrogens with one attached hydrogen (secondary N) is 1. The molecule has 3 aromatic rings. The summed E-state index contributed by atoms with van der Waals surface area (Å²) in [6.45, 7) is 0. The Hall–Kier alpha value is -3.12. The molecule has 0 atom stereocenters. The number of benzene rings is 2. The van der Waals surface area contributed by atoms with Crippen molar-refractivity contribution in [3.8, 4) is 0 Å². The second kappa shape index (κ2) is 6.55. The number of primary amides is 1. The van der Waals surface area contributed by atoms with E-state index in [4.69, 9.17) is 21.8 Å². The number of rotatable bonds is 3. The fourth-order valence-electron chi connectivity index (χ4n) is 2.14. The molecule has 7 heteroatoms. The summed E-state index contributed by atoms with van der Waals surface area (Å²) in [5.74, 6) is -1.24. The zero-order valence-corrected chi connectivity index (χ0v) is 13.1. The zero-order chi connectivity index (χ0) is 17.1. The monoisotopic (exact) mass is 341 g/mol. The molecule has 3 N–H and O–H groups in total. The first kappa shape index (κ1) is 15.8. The van der Waals surface area contributed by atoms with Gasteiger partial charge in [-0.3, -0.25) is 9.59 Å². The maximum Gasteiger partial charge on any atom is 0.272 e. The molecule has 0 saturated carbocycles. The number of amides is 2. The maximum absolute atomic E-state index is 12.1. The molecule has 0 unspecified atom stereocenters. The Morgan fingerprint density at radius 1 is 1.04 bits per heavy atom. The molecule has 0 spiro atoms. The SMILES string of the molecule is NC(=O)c1cc2ccccc2oc1=NNC(=O)c1ccccc1Cl. The molecule has 2 aromatic carbocycles. The van der Waals surface area contributed by atoms with Crippen molar-refractivity contribution in [2.24, 2.45) is 10.8 Å². The summed E-state index contributed by atoms with van der Waals surface area (Å²) in [5.41, 5.74) is 8.41. The van der Waals surface area contributed by atoms with Crippen molar-refractivity contribution < 1.29 is 14.0 Å². The molecule has 2 amide bonds. The van der Waals surface area contributed by atoms with Gasteiger partial charge in [0.25, 0.3) is 11.8 Å². The van der Waals surface area contributed by atoms with Gasteiger partial charge in [-0.15, -0.1) is 5.10 Å². The summed E-state index contributed by atoms with van der Waals surface area (Å²) in [6, 6.07) is 15.2. The van der Waals surface area contributed by atoms with E-state index >= 15 is 0 Å². The minimum Gasteiger partial charge on any atom is -0.436 e. The van der Waals surface area contributed by atoms with E-state index in [2.05, 4.69) is 10.5 Å². The van der Waals surface area contributed by atoms with Crippen LogP contribution in [0.25, 0.3) is 11.0 Å². The third kappa shape index (κ3) is 3.13. The topological polar surface area (TPSA) is 97.7 Å². The zero-order valence-electron chi connectivity index (χ0n) is 12.3. The minimum absolute atomic E-state index is 0.0631. The van der Waals surface area contributed by atoms with Gasteiger partial charge in [-0.05, 0) is 24.3 Å². The summed E-state index contributed by atoms with van der Waals surface area (Å²) in [5, 5.41) is 4.85. The average Bonchev–Trinajstić information content (AvgIpc) is 2.59. The summed E-state index contributed by atoms with van der Waals surface area (Å²) in [7, 11) is 0. The molecule has 0 radical (unpaired) electrons. The molecule has 24 heavy (non-hydrogen) atoms. The van der Waals surface area contributed by atoms with Crippen molar-refractivity contribution in [2.75, 3.05) is 0 Å². The van der Waals surface area contributed by atoms with Crippen molar-refractivity contribution in [3.05, 3.63) is 76.3 Å². The Balaban J connectivity index is 2.03. The van der Waals surface area contributed by atoms with Crippen LogP contribution >= 0.6 is 11.6 Å². The van der Waals surface area contributed by atoms with Crippen LogP contribution in [-0.4, -0.2) is 11.8 Å². The highest BCUT2D eigenvalue weighted by molar-refractivity contribution is 6.33. The van der Waals surface area contributed by atoms with Crippen molar-refractivity contribution in [3.63, 3.8) is 0 Å². The summed E-state index contributed by atoms with van der Waals surface area (Å²) < 4.78 is 5.56. The van der Waals surface area contributed by atoms with E-state index in [1.807, 2.05) is 0 Å². The lowest BCUT2D eigenvalue weighted by atomic mass is 10.2. The predicted molar refractivity (Wildman–Crippen MR) is 89.2 cm³/mol. The summed E-state index contributed by atoms with van der Waals surface area (Å²) in [4.78, 5) is 23.7. The van der Waals surface area contributed by atoms with Gasteiger partial charge in [0.1, 0.15) is 11.1 Å². The van der Waals surface area contributed by atoms with Gasteiger partial charge in [0.15, 0.2) is 0 Å². The van der Waals surface area contributed by atoms with Crippen molar-refractivity contribution >= 4 is 34.4 Å². The summed E-state index contributed by atoms with van der Waals surface area (Å²) in [6.07, 6.45) is 0. The lowest BCUT2D eigenvalue weighted by Crippen LogP contribution is -2.27. The number of para-hydroxylation sites is 1.